The van der Waals surface area contributed by atoms with E-state index in [0.717, 1.165) is 0 Å². The van der Waals surface area contributed by atoms with Crippen molar-refractivity contribution in [1.82, 2.24) is 0 Å². The van der Waals surface area contributed by atoms with Crippen molar-refractivity contribution in [3.8, 4) is 0 Å². The van der Waals surface area contributed by atoms with Crippen molar-refractivity contribution in [2.24, 2.45) is 0 Å². The molecule has 1 nitrogen and oxygen atoms in total. The zero-order valence-electron chi connectivity index (χ0n) is 9.54. The number of benzene rings is 2. The third kappa shape index (κ3) is 1.70. The summed E-state index contributed by atoms with van der Waals surface area (Å²) in [5, 5.41) is 5.95. The van der Waals surface area contributed by atoms with E-state index in [9.17, 15) is 0 Å². The van der Waals surface area contributed by atoms with Gasteiger partial charge in [-0.3, -0.25) is 0 Å². The Kier molecular flexibility index (Phi) is 2.63. The minimum absolute atomic E-state index is 0.540. The summed E-state index contributed by atoms with van der Waals surface area (Å²) in [6, 6.07) is 12.9. The molecule has 0 aliphatic heterocycles. The molecule has 0 radical (unpaired) electrons. The quantitative estimate of drug-likeness (QED) is 0.770. The van der Waals surface area contributed by atoms with Gasteiger partial charge in [-0.15, -0.1) is 0 Å². The second kappa shape index (κ2) is 3.93. The maximum atomic E-state index is 3.27. The Balaban J connectivity index is 2.79. The van der Waals surface area contributed by atoms with Gasteiger partial charge in [-0.1, -0.05) is 44.2 Å². The van der Waals surface area contributed by atoms with E-state index in [1.54, 1.807) is 0 Å². The molecule has 78 valence electrons. The molecule has 2 rings (SSSR count). The van der Waals surface area contributed by atoms with Crippen LogP contribution in [0.2, 0.25) is 0 Å². The first-order valence-corrected chi connectivity index (χ1v) is 5.43. The molecule has 1 N–H and O–H groups in total. The molecule has 0 saturated heterocycles. The molecule has 0 amide bonds. The molecule has 0 bridgehead atoms. The topological polar surface area (TPSA) is 12.0 Å². The standard InChI is InChI=1S/C14H17N/c1-10(2)14-12-7-5-4-6-11(12)8-9-13(14)15-3/h4-10,15H,1-3H3. The molecular weight excluding hydrogens is 182 g/mol. The lowest BCUT2D eigenvalue weighted by Crippen LogP contribution is -1.98. The van der Waals surface area contributed by atoms with Gasteiger partial charge in [0.2, 0.25) is 0 Å². The lowest BCUT2D eigenvalue weighted by Gasteiger charge is -2.15. The van der Waals surface area contributed by atoms with Gasteiger partial charge in [0, 0.05) is 12.7 Å². The molecule has 0 saturated carbocycles. The zero-order valence-corrected chi connectivity index (χ0v) is 9.54. The van der Waals surface area contributed by atoms with Crippen LogP contribution in [0.1, 0.15) is 25.3 Å². The van der Waals surface area contributed by atoms with E-state index < -0.39 is 0 Å². The Morgan fingerprint density at radius 2 is 1.73 bits per heavy atom. The van der Waals surface area contributed by atoms with Crippen LogP contribution < -0.4 is 5.32 Å². The molecule has 0 aliphatic carbocycles. The maximum absolute atomic E-state index is 3.27. The highest BCUT2D eigenvalue weighted by Gasteiger charge is 2.09. The van der Waals surface area contributed by atoms with E-state index in [2.05, 4.69) is 55.6 Å². The summed E-state index contributed by atoms with van der Waals surface area (Å²) in [6.45, 7) is 4.48. The number of hydrogen-bond acceptors (Lipinski definition) is 1. The minimum Gasteiger partial charge on any atom is -0.388 e. The Morgan fingerprint density at radius 1 is 1.00 bits per heavy atom. The van der Waals surface area contributed by atoms with Gasteiger partial charge in [0.1, 0.15) is 0 Å². The second-order valence-corrected chi connectivity index (χ2v) is 4.15. The highest BCUT2D eigenvalue weighted by atomic mass is 14.8. The number of anilines is 1. The summed E-state index contributed by atoms with van der Waals surface area (Å²) in [7, 11) is 1.98. The van der Waals surface area contributed by atoms with Crippen molar-refractivity contribution in [2.75, 3.05) is 12.4 Å². The maximum Gasteiger partial charge on any atom is 0.0379 e. The predicted molar refractivity (Wildman–Crippen MR) is 67.6 cm³/mol. The Morgan fingerprint density at radius 3 is 2.40 bits per heavy atom. The van der Waals surface area contributed by atoms with Crippen LogP contribution in [0.4, 0.5) is 5.69 Å². The third-order valence-electron chi connectivity index (χ3n) is 2.82. The minimum atomic E-state index is 0.540. The van der Waals surface area contributed by atoms with Gasteiger partial charge in [0.15, 0.2) is 0 Å². The molecule has 0 fully saturated rings. The fourth-order valence-corrected chi connectivity index (χ4v) is 2.14. The van der Waals surface area contributed by atoms with Gasteiger partial charge in [-0.05, 0) is 28.3 Å². The Labute approximate surface area is 91.1 Å². The fourth-order valence-electron chi connectivity index (χ4n) is 2.14. The van der Waals surface area contributed by atoms with Crippen LogP contribution in [0.3, 0.4) is 0 Å². The van der Waals surface area contributed by atoms with Gasteiger partial charge in [-0.25, -0.2) is 0 Å². The van der Waals surface area contributed by atoms with Crippen molar-refractivity contribution in [2.45, 2.75) is 19.8 Å². The third-order valence-corrected chi connectivity index (χ3v) is 2.82. The highest BCUT2D eigenvalue weighted by molar-refractivity contribution is 5.90. The van der Waals surface area contributed by atoms with Gasteiger partial charge in [-0.2, -0.15) is 0 Å². The van der Waals surface area contributed by atoms with Crippen molar-refractivity contribution < 1.29 is 0 Å². The molecule has 0 atom stereocenters. The van der Waals surface area contributed by atoms with Crippen molar-refractivity contribution in [1.29, 1.82) is 0 Å². The molecule has 0 heterocycles. The lowest BCUT2D eigenvalue weighted by molar-refractivity contribution is 0.878. The summed E-state index contributed by atoms with van der Waals surface area (Å²) in [5.41, 5.74) is 2.65. The van der Waals surface area contributed by atoms with E-state index in [4.69, 9.17) is 0 Å². The van der Waals surface area contributed by atoms with Gasteiger partial charge < -0.3 is 5.32 Å². The van der Waals surface area contributed by atoms with Crippen LogP contribution in [-0.4, -0.2) is 7.05 Å². The van der Waals surface area contributed by atoms with E-state index >= 15 is 0 Å². The van der Waals surface area contributed by atoms with Crippen LogP contribution in [0.15, 0.2) is 36.4 Å². The normalized spacial score (nSPS) is 10.9. The van der Waals surface area contributed by atoms with E-state index in [1.807, 2.05) is 7.05 Å². The summed E-state index contributed by atoms with van der Waals surface area (Å²) in [6.07, 6.45) is 0. The molecule has 1 heteroatoms. The molecular formula is C14H17N. The van der Waals surface area contributed by atoms with E-state index in [1.165, 1.54) is 22.0 Å². The average Bonchev–Trinajstić information content (AvgIpc) is 2.27. The molecule has 2 aromatic carbocycles. The van der Waals surface area contributed by atoms with Crippen LogP contribution >= 0.6 is 0 Å². The highest BCUT2D eigenvalue weighted by Crippen LogP contribution is 2.31. The van der Waals surface area contributed by atoms with Crippen LogP contribution in [0, 0.1) is 0 Å². The van der Waals surface area contributed by atoms with Crippen molar-refractivity contribution in [3.63, 3.8) is 0 Å². The molecule has 15 heavy (non-hydrogen) atoms. The number of rotatable bonds is 2. The first kappa shape index (κ1) is 10.0. The fraction of sp³-hybridized carbons (Fsp3) is 0.286. The monoisotopic (exact) mass is 199 g/mol. The zero-order chi connectivity index (χ0) is 10.8. The van der Waals surface area contributed by atoms with Crippen molar-refractivity contribution >= 4 is 16.5 Å². The van der Waals surface area contributed by atoms with E-state index in [-0.39, 0.29) is 0 Å². The molecule has 0 aliphatic rings. The predicted octanol–water partition coefficient (Wildman–Crippen LogP) is 4.00. The molecule has 2 aromatic rings. The summed E-state index contributed by atoms with van der Waals surface area (Å²) in [5.74, 6) is 0.540. The van der Waals surface area contributed by atoms with Crippen LogP contribution in [-0.2, 0) is 0 Å². The SMILES string of the molecule is CNc1ccc2ccccc2c1C(C)C. The number of hydrogen-bond donors (Lipinski definition) is 1. The van der Waals surface area contributed by atoms with Crippen LogP contribution in [0.5, 0.6) is 0 Å². The average molecular weight is 199 g/mol. The van der Waals surface area contributed by atoms with Gasteiger partial charge in [0.25, 0.3) is 0 Å². The summed E-state index contributed by atoms with van der Waals surface area (Å²) in [4.78, 5) is 0. The first-order chi connectivity index (χ1) is 7.24. The van der Waals surface area contributed by atoms with Crippen molar-refractivity contribution in [3.05, 3.63) is 42.0 Å². The number of nitrogens with one attached hydrogen (secondary N) is 1. The lowest BCUT2D eigenvalue weighted by atomic mass is 9.94. The number of fused-ring (bicyclic) bond motifs is 1. The molecule has 0 unspecified atom stereocenters. The first-order valence-electron chi connectivity index (χ1n) is 5.43. The Bertz CT molecular complexity index is 472. The summed E-state index contributed by atoms with van der Waals surface area (Å²) < 4.78 is 0. The Hall–Kier alpha value is -1.50. The second-order valence-electron chi connectivity index (χ2n) is 4.15. The summed E-state index contributed by atoms with van der Waals surface area (Å²) >= 11 is 0. The van der Waals surface area contributed by atoms with Crippen LogP contribution in [0.25, 0.3) is 10.8 Å². The largest absolute Gasteiger partial charge is 0.388 e. The van der Waals surface area contributed by atoms with Gasteiger partial charge in [0.05, 0.1) is 0 Å². The molecule has 0 spiro atoms. The smallest absolute Gasteiger partial charge is 0.0379 e. The molecule has 0 aromatic heterocycles. The van der Waals surface area contributed by atoms with Gasteiger partial charge >= 0.3 is 0 Å². The van der Waals surface area contributed by atoms with E-state index in [0.29, 0.717) is 5.92 Å².